The molecule has 38 heavy (non-hydrogen) atoms. The molecule has 4 aromatic rings. The zero-order valence-electron chi connectivity index (χ0n) is 21.7. The molecule has 0 saturated heterocycles. The number of aryl methyl sites for hydroxylation is 2. The largest absolute Gasteiger partial charge is 0.439 e. The highest BCUT2D eigenvalue weighted by atomic mass is 16.5. The van der Waals surface area contributed by atoms with E-state index < -0.39 is 5.97 Å². The summed E-state index contributed by atoms with van der Waals surface area (Å²) in [7, 11) is 0. The predicted octanol–water partition coefficient (Wildman–Crippen LogP) is 7.34. The molecule has 6 rings (SSSR count). The van der Waals surface area contributed by atoms with E-state index in [1.807, 2.05) is 73.7 Å². The van der Waals surface area contributed by atoms with Gasteiger partial charge in [0, 0.05) is 18.2 Å². The number of carbonyl (C=O) groups is 1. The molecule has 0 N–H and O–H groups in total. The van der Waals surface area contributed by atoms with Crippen LogP contribution in [0.3, 0.4) is 0 Å². The number of aromatic nitrogens is 1. The fraction of sp³-hybridized carbons (Fsp3) is 0.188. The van der Waals surface area contributed by atoms with Crippen molar-refractivity contribution in [1.82, 2.24) is 4.98 Å². The van der Waals surface area contributed by atoms with Crippen molar-refractivity contribution >= 4 is 33.9 Å². The summed E-state index contributed by atoms with van der Waals surface area (Å²) < 4.78 is 18.1. The average Bonchev–Trinajstić information content (AvgIpc) is 3.58. The van der Waals surface area contributed by atoms with E-state index in [0.717, 1.165) is 42.0 Å². The van der Waals surface area contributed by atoms with Crippen LogP contribution in [0.25, 0.3) is 22.2 Å². The summed E-state index contributed by atoms with van der Waals surface area (Å²) >= 11 is 0. The fourth-order valence-corrected chi connectivity index (χ4v) is 4.80. The molecule has 0 unspecified atom stereocenters. The van der Waals surface area contributed by atoms with Crippen molar-refractivity contribution in [2.24, 2.45) is 0 Å². The monoisotopic (exact) mass is 504 g/mol. The quantitative estimate of drug-likeness (QED) is 0.256. The molecule has 0 amide bonds. The van der Waals surface area contributed by atoms with Crippen molar-refractivity contribution in [2.75, 3.05) is 11.4 Å². The molecule has 0 radical (unpaired) electrons. The van der Waals surface area contributed by atoms with Crippen LogP contribution in [0.4, 0.5) is 5.69 Å². The predicted molar refractivity (Wildman–Crippen MR) is 148 cm³/mol. The number of unbranched alkanes of at least 4 members (excludes halogenated alkanes) is 1. The van der Waals surface area contributed by atoms with Crippen LogP contribution in [0.1, 0.15) is 42.3 Å². The Morgan fingerprint density at radius 3 is 2.50 bits per heavy atom. The smallest absolute Gasteiger partial charge is 0.349 e. The van der Waals surface area contributed by atoms with Gasteiger partial charge < -0.3 is 18.8 Å². The van der Waals surface area contributed by atoms with Gasteiger partial charge in [-0.1, -0.05) is 55.8 Å². The second-order valence-corrected chi connectivity index (χ2v) is 9.61. The molecule has 2 aliphatic rings. The maximum atomic E-state index is 13.2. The Kier molecular flexibility index (Phi) is 6.08. The number of oxazole rings is 1. The standard InChI is InChI=1S/C32H28N2O4/c1-4-5-17-34-24-19-21(3)12-14-26(24)36-28(34)16-15-27-29(22-9-7-6-8-10-22)30(32(35)38-27)31-33-23-18-20(2)11-13-25(23)37-31/h6-16,18-19H,4-5,17H2,1-3H3/b27-15?,28-16-. The lowest BCUT2D eigenvalue weighted by molar-refractivity contribution is -0.131. The van der Waals surface area contributed by atoms with Gasteiger partial charge >= 0.3 is 5.97 Å². The number of anilines is 1. The Labute approximate surface area is 221 Å². The van der Waals surface area contributed by atoms with E-state index in [9.17, 15) is 4.79 Å². The van der Waals surface area contributed by atoms with Crippen LogP contribution in [-0.2, 0) is 9.53 Å². The number of nitrogens with zero attached hydrogens (tertiary/aromatic N) is 2. The number of esters is 1. The van der Waals surface area contributed by atoms with Gasteiger partial charge in [0.2, 0.25) is 11.8 Å². The minimum Gasteiger partial charge on any atom is -0.439 e. The number of ether oxygens (including phenoxy) is 2. The van der Waals surface area contributed by atoms with Gasteiger partial charge in [0.25, 0.3) is 0 Å². The first-order valence-corrected chi connectivity index (χ1v) is 12.9. The number of cyclic esters (lactones) is 1. The molecule has 3 aromatic carbocycles. The Morgan fingerprint density at radius 2 is 1.68 bits per heavy atom. The summed E-state index contributed by atoms with van der Waals surface area (Å²) in [6.45, 7) is 7.07. The summed E-state index contributed by atoms with van der Waals surface area (Å²) in [6.07, 6.45) is 5.76. The molecular weight excluding hydrogens is 476 g/mol. The molecule has 0 aliphatic carbocycles. The third-order valence-electron chi connectivity index (χ3n) is 6.72. The zero-order chi connectivity index (χ0) is 26.2. The summed E-state index contributed by atoms with van der Waals surface area (Å²) in [6, 6.07) is 21.6. The molecule has 6 heteroatoms. The second kappa shape index (κ2) is 9.71. The minimum atomic E-state index is -0.495. The first-order chi connectivity index (χ1) is 18.5. The van der Waals surface area contributed by atoms with Gasteiger partial charge in [0.05, 0.1) is 5.69 Å². The van der Waals surface area contributed by atoms with E-state index >= 15 is 0 Å². The number of rotatable bonds is 6. The van der Waals surface area contributed by atoms with Gasteiger partial charge in [0.1, 0.15) is 16.8 Å². The number of hydrogen-bond acceptors (Lipinski definition) is 6. The Balaban J connectivity index is 1.46. The first kappa shape index (κ1) is 23.8. The van der Waals surface area contributed by atoms with Gasteiger partial charge in [-0.05, 0) is 67.3 Å². The maximum Gasteiger partial charge on any atom is 0.349 e. The minimum absolute atomic E-state index is 0.245. The Hall–Kier alpha value is -4.58. The van der Waals surface area contributed by atoms with Crippen LogP contribution in [0.5, 0.6) is 5.75 Å². The highest BCUT2D eigenvalue weighted by molar-refractivity contribution is 6.29. The molecule has 0 fully saturated rings. The highest BCUT2D eigenvalue weighted by Crippen LogP contribution is 2.42. The van der Waals surface area contributed by atoms with E-state index in [0.29, 0.717) is 33.9 Å². The number of carbonyl (C=O) groups excluding carboxylic acids is 1. The van der Waals surface area contributed by atoms with Crippen LogP contribution >= 0.6 is 0 Å². The molecular formula is C32H28N2O4. The highest BCUT2D eigenvalue weighted by Gasteiger charge is 2.35. The van der Waals surface area contributed by atoms with Crippen molar-refractivity contribution in [3.05, 3.63) is 113 Å². The maximum absolute atomic E-state index is 13.2. The van der Waals surface area contributed by atoms with Crippen molar-refractivity contribution in [3.8, 4) is 5.75 Å². The van der Waals surface area contributed by atoms with Gasteiger partial charge in [0.15, 0.2) is 11.3 Å². The number of allylic oxidation sites excluding steroid dienone is 3. The fourth-order valence-electron chi connectivity index (χ4n) is 4.80. The molecule has 1 aromatic heterocycles. The molecule has 2 aliphatic heterocycles. The normalized spacial score (nSPS) is 17.0. The molecule has 0 saturated carbocycles. The van der Waals surface area contributed by atoms with Gasteiger partial charge in [-0.25, -0.2) is 9.78 Å². The second-order valence-electron chi connectivity index (χ2n) is 9.61. The summed E-state index contributed by atoms with van der Waals surface area (Å²) in [5.74, 6) is 1.69. The summed E-state index contributed by atoms with van der Waals surface area (Å²) in [5, 5.41) is 0. The van der Waals surface area contributed by atoms with Crippen LogP contribution in [-0.4, -0.2) is 17.5 Å². The van der Waals surface area contributed by atoms with Crippen molar-refractivity contribution < 1.29 is 18.7 Å². The molecule has 0 spiro atoms. The topological polar surface area (TPSA) is 64.8 Å². The van der Waals surface area contributed by atoms with E-state index in [2.05, 4.69) is 29.8 Å². The summed E-state index contributed by atoms with van der Waals surface area (Å²) in [5.41, 5.74) is 6.40. The van der Waals surface area contributed by atoms with E-state index in [1.165, 1.54) is 5.56 Å². The number of benzene rings is 3. The van der Waals surface area contributed by atoms with Crippen molar-refractivity contribution in [3.63, 3.8) is 0 Å². The van der Waals surface area contributed by atoms with Gasteiger partial charge in [-0.2, -0.15) is 0 Å². The lowest BCUT2D eigenvalue weighted by Gasteiger charge is -2.18. The molecule has 6 nitrogen and oxygen atoms in total. The lowest BCUT2D eigenvalue weighted by atomic mass is 9.99. The van der Waals surface area contributed by atoms with Gasteiger partial charge in [-0.3, -0.25) is 0 Å². The third kappa shape index (κ3) is 4.28. The van der Waals surface area contributed by atoms with E-state index in [4.69, 9.17) is 13.9 Å². The molecule has 0 bridgehead atoms. The van der Waals surface area contributed by atoms with Crippen LogP contribution in [0, 0.1) is 13.8 Å². The Bertz CT molecular complexity index is 1640. The lowest BCUT2D eigenvalue weighted by Crippen LogP contribution is -2.21. The SMILES string of the molecule is CCCCN1/C(=C/C=C2OC(=O)C(c3nc4cc(C)ccc4o3)=C2c2ccccc2)Oc2ccc(C)cc21. The molecule has 0 atom stereocenters. The van der Waals surface area contributed by atoms with E-state index in [-0.39, 0.29) is 5.89 Å². The van der Waals surface area contributed by atoms with Crippen LogP contribution < -0.4 is 9.64 Å². The Morgan fingerprint density at radius 1 is 0.895 bits per heavy atom. The molecule has 190 valence electrons. The van der Waals surface area contributed by atoms with Crippen molar-refractivity contribution in [2.45, 2.75) is 33.6 Å². The van der Waals surface area contributed by atoms with E-state index in [1.54, 1.807) is 6.08 Å². The first-order valence-electron chi connectivity index (χ1n) is 12.9. The number of fused-ring (bicyclic) bond motifs is 2. The van der Waals surface area contributed by atoms with Crippen LogP contribution in [0.2, 0.25) is 0 Å². The molecule has 3 heterocycles. The zero-order valence-corrected chi connectivity index (χ0v) is 21.7. The average molecular weight is 505 g/mol. The third-order valence-corrected chi connectivity index (χ3v) is 6.72. The van der Waals surface area contributed by atoms with Crippen LogP contribution in [0.15, 0.2) is 94.9 Å². The number of hydrogen-bond donors (Lipinski definition) is 0. The van der Waals surface area contributed by atoms with Gasteiger partial charge in [-0.15, -0.1) is 0 Å². The van der Waals surface area contributed by atoms with Crippen molar-refractivity contribution in [1.29, 1.82) is 0 Å². The summed E-state index contributed by atoms with van der Waals surface area (Å²) in [4.78, 5) is 20.1.